The van der Waals surface area contributed by atoms with Gasteiger partial charge in [0.25, 0.3) is 0 Å². The molecule has 1 aromatic rings. The van der Waals surface area contributed by atoms with E-state index in [1.807, 2.05) is 0 Å². The van der Waals surface area contributed by atoms with E-state index in [0.29, 0.717) is 17.5 Å². The van der Waals surface area contributed by atoms with E-state index in [1.54, 1.807) is 0 Å². The van der Waals surface area contributed by atoms with Crippen LogP contribution in [-0.4, -0.2) is 36.5 Å². The number of hydrogen-bond acceptors (Lipinski definition) is 1. The quantitative estimate of drug-likeness (QED) is 0.260. The monoisotopic (exact) mass is 392 g/mol. The summed E-state index contributed by atoms with van der Waals surface area (Å²) in [7, 11) is -1.85. The molecule has 0 spiro atoms. The van der Waals surface area contributed by atoms with E-state index in [1.165, 1.54) is 43.8 Å². The van der Waals surface area contributed by atoms with Gasteiger partial charge in [0.05, 0.1) is 12.8 Å². The largest absolute Gasteiger partial charge is 0.366 e. The smallest absolute Gasteiger partial charge is 0.309 e. The molecule has 27 heavy (non-hydrogen) atoms. The third kappa shape index (κ3) is 8.34. The number of nitrogens with zero attached hydrogens (tertiary/aromatic N) is 1. The molecule has 0 aliphatic rings. The minimum absolute atomic E-state index is 0.421. The number of amides is 1. The zero-order valence-corrected chi connectivity index (χ0v) is 19.6. The van der Waals surface area contributed by atoms with Crippen LogP contribution < -0.4 is 5.30 Å². The summed E-state index contributed by atoms with van der Waals surface area (Å²) in [5, 5.41) is 1.28. The highest BCUT2D eigenvalue weighted by molar-refractivity contribution is 7.96. The van der Waals surface area contributed by atoms with Gasteiger partial charge < -0.3 is 4.90 Å². The summed E-state index contributed by atoms with van der Waals surface area (Å²) >= 11 is 0. The molecular weight excluding hydrogens is 349 g/mol. The van der Waals surface area contributed by atoms with Crippen molar-refractivity contribution in [1.29, 1.82) is 0 Å². The van der Waals surface area contributed by atoms with E-state index < -0.39 is 7.26 Å². The maximum Gasteiger partial charge on any atom is 0.366 e. The number of benzene rings is 1. The zero-order valence-electron chi connectivity index (χ0n) is 18.7. The third-order valence-corrected chi connectivity index (χ3v) is 8.92. The Morgan fingerprint density at radius 1 is 0.889 bits per heavy atom. The van der Waals surface area contributed by atoms with Crippen molar-refractivity contribution in [3.63, 3.8) is 0 Å². The first-order valence-electron chi connectivity index (χ1n) is 11.0. The highest BCUT2D eigenvalue weighted by Crippen LogP contribution is 2.57. The van der Waals surface area contributed by atoms with Crippen LogP contribution in [0.1, 0.15) is 73.1 Å². The molecule has 1 rings (SSSR count). The Balaban J connectivity index is 2.96. The van der Waals surface area contributed by atoms with Crippen LogP contribution in [0.3, 0.4) is 0 Å². The third-order valence-electron chi connectivity index (χ3n) is 5.15. The summed E-state index contributed by atoms with van der Waals surface area (Å²) in [6, 6.07) is 10.6. The zero-order chi connectivity index (χ0) is 20.3. The van der Waals surface area contributed by atoms with Crippen molar-refractivity contribution in [3.05, 3.63) is 30.3 Å². The summed E-state index contributed by atoms with van der Waals surface area (Å²) in [4.78, 5) is 16.0. The van der Waals surface area contributed by atoms with E-state index >= 15 is 0 Å². The van der Waals surface area contributed by atoms with Gasteiger partial charge in [-0.1, -0.05) is 78.5 Å². The van der Waals surface area contributed by atoms with Crippen molar-refractivity contribution in [1.82, 2.24) is 4.90 Å². The number of unbranched alkanes of at least 4 members (excludes halogenated alkanes) is 5. The molecule has 0 aromatic heterocycles. The molecule has 0 heterocycles. The van der Waals surface area contributed by atoms with Gasteiger partial charge in [0.15, 0.2) is 0 Å². The number of carbonyl (C=O) groups is 1. The van der Waals surface area contributed by atoms with Crippen LogP contribution in [0.25, 0.3) is 0 Å². The molecule has 1 unspecified atom stereocenters. The molecule has 1 amide bonds. The van der Waals surface area contributed by atoms with E-state index in [-0.39, 0.29) is 0 Å². The molecule has 0 bridgehead atoms. The molecule has 2 nitrogen and oxygen atoms in total. The van der Waals surface area contributed by atoms with Gasteiger partial charge in [0.1, 0.15) is 12.6 Å². The average Bonchev–Trinajstić information content (AvgIpc) is 2.63. The van der Waals surface area contributed by atoms with E-state index in [2.05, 4.69) is 76.5 Å². The standard InChI is InChI=1S/C24H43NOP/c1-7-8-9-10-11-15-18-27(6,23-16-13-12-14-17-23)24(26)25(19-21(2)3)20-22(4)5/h12-14,16-17,21-22H,7-11,15,18-20H2,1-6H3/q+1. The summed E-state index contributed by atoms with van der Waals surface area (Å²) < 4.78 is 0. The van der Waals surface area contributed by atoms with Crippen LogP contribution in [0.4, 0.5) is 4.79 Å². The van der Waals surface area contributed by atoms with Crippen molar-refractivity contribution < 1.29 is 4.79 Å². The molecule has 0 N–H and O–H groups in total. The first kappa shape index (κ1) is 24.2. The van der Waals surface area contributed by atoms with Crippen LogP contribution >= 0.6 is 7.26 Å². The van der Waals surface area contributed by atoms with Crippen molar-refractivity contribution in [2.75, 3.05) is 25.9 Å². The second kappa shape index (κ2) is 12.6. The van der Waals surface area contributed by atoms with Crippen molar-refractivity contribution >= 4 is 18.2 Å². The maximum atomic E-state index is 13.8. The minimum Gasteiger partial charge on any atom is -0.309 e. The topological polar surface area (TPSA) is 20.3 Å². The first-order valence-corrected chi connectivity index (χ1v) is 13.4. The highest BCUT2D eigenvalue weighted by Gasteiger charge is 2.46. The van der Waals surface area contributed by atoms with Gasteiger partial charge in [-0.3, -0.25) is 0 Å². The predicted molar refractivity (Wildman–Crippen MR) is 124 cm³/mol. The van der Waals surface area contributed by atoms with E-state index in [4.69, 9.17) is 0 Å². The Morgan fingerprint density at radius 2 is 1.41 bits per heavy atom. The number of rotatable bonds is 13. The minimum atomic E-state index is -1.85. The summed E-state index contributed by atoms with van der Waals surface area (Å²) in [5.41, 5.74) is 0.421. The molecule has 0 fully saturated rings. The van der Waals surface area contributed by atoms with Gasteiger partial charge in [-0.2, -0.15) is 0 Å². The molecule has 1 atom stereocenters. The van der Waals surface area contributed by atoms with Gasteiger partial charge in [-0.05, 0) is 36.8 Å². The lowest BCUT2D eigenvalue weighted by atomic mass is 10.1. The lowest BCUT2D eigenvalue weighted by Crippen LogP contribution is -2.40. The highest BCUT2D eigenvalue weighted by atomic mass is 31.2. The number of carbonyl (C=O) groups excluding carboxylic acids is 1. The molecule has 0 aliphatic carbocycles. The second-order valence-corrected chi connectivity index (χ2v) is 12.7. The molecule has 0 aliphatic heterocycles. The van der Waals surface area contributed by atoms with Crippen LogP contribution in [0, 0.1) is 11.8 Å². The van der Waals surface area contributed by atoms with E-state index in [0.717, 1.165) is 19.3 Å². The van der Waals surface area contributed by atoms with Gasteiger partial charge >= 0.3 is 5.65 Å². The maximum absolute atomic E-state index is 13.8. The lowest BCUT2D eigenvalue weighted by molar-refractivity contribution is 0.206. The summed E-state index contributed by atoms with van der Waals surface area (Å²) in [5.74, 6) is 1.01. The molecule has 0 saturated heterocycles. The Morgan fingerprint density at radius 3 is 1.93 bits per heavy atom. The van der Waals surface area contributed by atoms with Crippen LogP contribution in [0.15, 0.2) is 30.3 Å². The van der Waals surface area contributed by atoms with Gasteiger partial charge in [0, 0.05) is 13.1 Å². The van der Waals surface area contributed by atoms with Gasteiger partial charge in [0.2, 0.25) is 0 Å². The average molecular weight is 393 g/mol. The van der Waals surface area contributed by atoms with Crippen molar-refractivity contribution in [3.8, 4) is 0 Å². The normalized spacial score (nSPS) is 13.8. The fraction of sp³-hybridized carbons (Fsp3) is 0.708. The fourth-order valence-electron chi connectivity index (χ4n) is 3.72. The Labute approximate surface area is 169 Å². The summed E-state index contributed by atoms with van der Waals surface area (Å²) in [6.45, 7) is 15.1. The molecule has 3 heteroatoms. The molecule has 0 radical (unpaired) electrons. The van der Waals surface area contributed by atoms with Crippen LogP contribution in [0.2, 0.25) is 0 Å². The fourth-order valence-corrected chi connectivity index (χ4v) is 6.87. The molecule has 1 aromatic carbocycles. The van der Waals surface area contributed by atoms with Gasteiger partial charge in [-0.25, -0.2) is 4.79 Å². The Bertz CT molecular complexity index is 518. The SMILES string of the molecule is CCCCCCCC[P+](C)(C(=O)N(CC(C)C)CC(C)C)c1ccccc1. The predicted octanol–water partition coefficient (Wildman–Crippen LogP) is 7.05. The first-order chi connectivity index (χ1) is 12.8. The van der Waals surface area contributed by atoms with Crippen LogP contribution in [0.5, 0.6) is 0 Å². The van der Waals surface area contributed by atoms with Gasteiger partial charge in [-0.15, -0.1) is 0 Å². The Kier molecular flexibility index (Phi) is 11.2. The molecule has 0 saturated carbocycles. The lowest BCUT2D eigenvalue weighted by Gasteiger charge is -2.31. The second-order valence-electron chi connectivity index (χ2n) is 8.99. The van der Waals surface area contributed by atoms with Crippen molar-refractivity contribution in [2.45, 2.75) is 73.1 Å². The van der Waals surface area contributed by atoms with Crippen molar-refractivity contribution in [2.24, 2.45) is 11.8 Å². The molecule has 154 valence electrons. The van der Waals surface area contributed by atoms with E-state index in [9.17, 15) is 4.79 Å². The van der Waals surface area contributed by atoms with Crippen LogP contribution in [-0.2, 0) is 0 Å². The molecular formula is C24H43NOP+. The number of hydrogen-bond donors (Lipinski definition) is 0. The summed E-state index contributed by atoms with van der Waals surface area (Å²) in [6.07, 6.45) is 8.73. The Hall–Kier alpha value is -0.880.